The van der Waals surface area contributed by atoms with Crippen LogP contribution in [0.5, 0.6) is 0 Å². The molecule has 2 fully saturated rings. The summed E-state index contributed by atoms with van der Waals surface area (Å²) in [7, 11) is 0. The molecule has 5 heteroatoms. The first-order valence-electron chi connectivity index (χ1n) is 5.42. The first-order valence-corrected chi connectivity index (χ1v) is 5.42. The van der Waals surface area contributed by atoms with Crippen LogP contribution in [0.4, 0.5) is 0 Å². The lowest BCUT2D eigenvalue weighted by Crippen LogP contribution is -2.67. The molecule has 2 rings (SSSR count). The second-order valence-corrected chi connectivity index (χ2v) is 4.44. The Bertz CT molecular complexity index is 294. The summed E-state index contributed by atoms with van der Waals surface area (Å²) >= 11 is 0. The number of hydrogen-bond acceptors (Lipinski definition) is 3. The highest BCUT2D eigenvalue weighted by Gasteiger charge is 2.49. The zero-order chi connectivity index (χ0) is 11.1. The molecule has 0 aliphatic carbocycles. The number of nitrogens with one attached hydrogen (secondary N) is 1. The Morgan fingerprint density at radius 1 is 1.53 bits per heavy atom. The van der Waals surface area contributed by atoms with Gasteiger partial charge in [0.25, 0.3) is 0 Å². The molecule has 1 atom stereocenters. The maximum Gasteiger partial charge on any atom is 0.240 e. The van der Waals surface area contributed by atoms with E-state index in [0.29, 0.717) is 13.0 Å². The third-order valence-corrected chi connectivity index (χ3v) is 3.67. The standard InChI is InChI=1S/C10H17N3O2/c1-2-10(5-12-6-10)9(15)13-4-3-7(13)8(11)14/h7,12H,2-6H2,1H3,(H2,11,14). The molecule has 0 aromatic heterocycles. The van der Waals surface area contributed by atoms with Gasteiger partial charge in [-0.25, -0.2) is 0 Å². The van der Waals surface area contributed by atoms with E-state index in [0.717, 1.165) is 19.5 Å². The molecule has 15 heavy (non-hydrogen) atoms. The Kier molecular flexibility index (Phi) is 2.42. The van der Waals surface area contributed by atoms with Crippen molar-refractivity contribution in [3.05, 3.63) is 0 Å². The van der Waals surface area contributed by atoms with Crippen molar-refractivity contribution in [1.29, 1.82) is 0 Å². The van der Waals surface area contributed by atoms with Gasteiger partial charge < -0.3 is 16.0 Å². The van der Waals surface area contributed by atoms with Crippen molar-refractivity contribution in [3.63, 3.8) is 0 Å². The summed E-state index contributed by atoms with van der Waals surface area (Å²) in [6.07, 6.45) is 1.54. The molecule has 0 radical (unpaired) electrons. The van der Waals surface area contributed by atoms with E-state index in [1.807, 2.05) is 6.92 Å². The first-order chi connectivity index (χ1) is 7.10. The van der Waals surface area contributed by atoms with Crippen LogP contribution in [-0.2, 0) is 9.59 Å². The highest BCUT2D eigenvalue weighted by molar-refractivity contribution is 5.91. The fourth-order valence-electron chi connectivity index (χ4n) is 2.21. The number of likely N-dealkylation sites (tertiary alicyclic amines) is 1. The van der Waals surface area contributed by atoms with Gasteiger partial charge in [-0.3, -0.25) is 9.59 Å². The molecule has 0 aromatic rings. The van der Waals surface area contributed by atoms with Gasteiger partial charge in [0.2, 0.25) is 11.8 Å². The first kappa shape index (κ1) is 10.4. The van der Waals surface area contributed by atoms with Crippen molar-refractivity contribution >= 4 is 11.8 Å². The van der Waals surface area contributed by atoms with Crippen LogP contribution in [0.15, 0.2) is 0 Å². The van der Waals surface area contributed by atoms with Gasteiger partial charge in [-0.1, -0.05) is 6.92 Å². The largest absolute Gasteiger partial charge is 0.368 e. The van der Waals surface area contributed by atoms with E-state index in [9.17, 15) is 9.59 Å². The average Bonchev–Trinajstić information content (AvgIpc) is 1.99. The molecule has 5 nitrogen and oxygen atoms in total. The second kappa shape index (κ2) is 3.48. The molecule has 2 saturated heterocycles. The fraction of sp³-hybridized carbons (Fsp3) is 0.800. The molecule has 0 saturated carbocycles. The number of amides is 2. The van der Waals surface area contributed by atoms with Gasteiger partial charge in [0, 0.05) is 19.6 Å². The molecule has 0 aromatic carbocycles. The molecule has 84 valence electrons. The van der Waals surface area contributed by atoms with Gasteiger partial charge in [-0.05, 0) is 12.8 Å². The Morgan fingerprint density at radius 2 is 2.20 bits per heavy atom. The Morgan fingerprint density at radius 3 is 2.47 bits per heavy atom. The summed E-state index contributed by atoms with van der Waals surface area (Å²) in [5.74, 6) is -0.285. The summed E-state index contributed by atoms with van der Waals surface area (Å²) in [4.78, 5) is 24.8. The molecular formula is C10H17N3O2. The van der Waals surface area contributed by atoms with Crippen LogP contribution in [0, 0.1) is 5.41 Å². The predicted molar refractivity (Wildman–Crippen MR) is 54.9 cm³/mol. The van der Waals surface area contributed by atoms with Gasteiger partial charge in [-0.2, -0.15) is 0 Å². The highest BCUT2D eigenvalue weighted by atomic mass is 16.2. The summed E-state index contributed by atoms with van der Waals surface area (Å²) in [6, 6.07) is -0.360. The van der Waals surface area contributed by atoms with Crippen LogP contribution < -0.4 is 11.1 Å². The quantitative estimate of drug-likeness (QED) is 0.633. The maximum absolute atomic E-state index is 12.2. The van der Waals surface area contributed by atoms with E-state index in [1.165, 1.54) is 0 Å². The van der Waals surface area contributed by atoms with Crippen molar-refractivity contribution in [3.8, 4) is 0 Å². The van der Waals surface area contributed by atoms with Crippen molar-refractivity contribution < 1.29 is 9.59 Å². The van der Waals surface area contributed by atoms with Crippen molar-refractivity contribution in [2.75, 3.05) is 19.6 Å². The third kappa shape index (κ3) is 1.42. The molecule has 1 unspecified atom stereocenters. The van der Waals surface area contributed by atoms with Crippen LogP contribution in [0.2, 0.25) is 0 Å². The van der Waals surface area contributed by atoms with Crippen molar-refractivity contribution in [2.45, 2.75) is 25.8 Å². The van der Waals surface area contributed by atoms with Gasteiger partial charge in [-0.15, -0.1) is 0 Å². The van der Waals surface area contributed by atoms with Gasteiger partial charge >= 0.3 is 0 Å². The molecule has 3 N–H and O–H groups in total. The van der Waals surface area contributed by atoms with Crippen LogP contribution in [-0.4, -0.2) is 42.4 Å². The zero-order valence-corrected chi connectivity index (χ0v) is 8.95. The summed E-state index contributed by atoms with van der Waals surface area (Å²) in [5.41, 5.74) is 4.95. The molecule has 2 amide bonds. The van der Waals surface area contributed by atoms with E-state index in [-0.39, 0.29) is 23.3 Å². The fourth-order valence-corrected chi connectivity index (χ4v) is 2.21. The number of nitrogens with zero attached hydrogens (tertiary/aromatic N) is 1. The van der Waals surface area contributed by atoms with Crippen molar-refractivity contribution in [1.82, 2.24) is 10.2 Å². The van der Waals surface area contributed by atoms with Gasteiger partial charge in [0.05, 0.1) is 5.41 Å². The van der Waals surface area contributed by atoms with E-state index in [4.69, 9.17) is 5.73 Å². The van der Waals surface area contributed by atoms with Crippen LogP contribution in [0.3, 0.4) is 0 Å². The molecule has 2 aliphatic rings. The minimum Gasteiger partial charge on any atom is -0.368 e. The molecule has 0 bridgehead atoms. The average molecular weight is 211 g/mol. The summed E-state index contributed by atoms with van der Waals surface area (Å²) in [5, 5.41) is 3.12. The number of carbonyl (C=O) groups excluding carboxylic acids is 2. The van der Waals surface area contributed by atoms with Gasteiger partial charge in [0.15, 0.2) is 0 Å². The summed E-state index contributed by atoms with van der Waals surface area (Å²) in [6.45, 7) is 4.14. The highest BCUT2D eigenvalue weighted by Crippen LogP contribution is 2.33. The number of rotatable bonds is 3. The predicted octanol–water partition coefficient (Wildman–Crippen LogP) is -0.928. The number of nitrogens with two attached hydrogens (primary N) is 1. The van der Waals surface area contributed by atoms with Crippen LogP contribution in [0.1, 0.15) is 19.8 Å². The zero-order valence-electron chi connectivity index (χ0n) is 8.95. The van der Waals surface area contributed by atoms with Crippen molar-refractivity contribution in [2.24, 2.45) is 11.1 Å². The topological polar surface area (TPSA) is 75.4 Å². The SMILES string of the molecule is CCC1(C(=O)N2CCC2C(N)=O)CNC1. The number of hydrogen-bond donors (Lipinski definition) is 2. The normalized spacial score (nSPS) is 27.8. The Balaban J connectivity index is 2.05. The van der Waals surface area contributed by atoms with Crippen LogP contribution in [0.25, 0.3) is 0 Å². The Labute approximate surface area is 89.0 Å². The Hall–Kier alpha value is -1.10. The second-order valence-electron chi connectivity index (χ2n) is 4.44. The van der Waals surface area contributed by atoms with Crippen LogP contribution >= 0.6 is 0 Å². The molecule has 2 aliphatic heterocycles. The smallest absolute Gasteiger partial charge is 0.240 e. The van der Waals surface area contributed by atoms with E-state index >= 15 is 0 Å². The molecule has 0 spiro atoms. The monoisotopic (exact) mass is 211 g/mol. The maximum atomic E-state index is 12.2. The lowest BCUT2D eigenvalue weighted by molar-refractivity contribution is -0.157. The number of carbonyl (C=O) groups is 2. The lowest BCUT2D eigenvalue weighted by atomic mass is 9.76. The summed E-state index contributed by atoms with van der Waals surface area (Å²) < 4.78 is 0. The number of primary amides is 1. The third-order valence-electron chi connectivity index (χ3n) is 3.67. The van der Waals surface area contributed by atoms with E-state index < -0.39 is 0 Å². The molecular weight excluding hydrogens is 194 g/mol. The van der Waals surface area contributed by atoms with Gasteiger partial charge in [0.1, 0.15) is 6.04 Å². The van der Waals surface area contributed by atoms with E-state index in [1.54, 1.807) is 4.90 Å². The minimum atomic E-state index is -0.381. The lowest BCUT2D eigenvalue weighted by Gasteiger charge is -2.48. The van der Waals surface area contributed by atoms with E-state index in [2.05, 4.69) is 5.32 Å². The minimum absolute atomic E-state index is 0.0961. The molecule has 2 heterocycles.